The van der Waals surface area contributed by atoms with Crippen LogP contribution < -0.4 is 15.0 Å². The van der Waals surface area contributed by atoms with Gasteiger partial charge in [-0.3, -0.25) is 4.79 Å². The third kappa shape index (κ3) is 5.76. The molecule has 0 saturated carbocycles. The van der Waals surface area contributed by atoms with Crippen LogP contribution in [-0.4, -0.2) is 79.8 Å². The number of aliphatic hydroxyl groups excluding tert-OH is 1. The highest BCUT2D eigenvalue weighted by Gasteiger charge is 2.34. The Morgan fingerprint density at radius 3 is 2.55 bits per heavy atom. The first kappa shape index (κ1) is 24.4. The number of urea groups is 1. The number of fused-ring (bicyclic) bond motifs is 1. The molecule has 3 atom stereocenters. The molecule has 1 aliphatic rings. The van der Waals surface area contributed by atoms with Gasteiger partial charge >= 0.3 is 6.03 Å². The van der Waals surface area contributed by atoms with Crippen LogP contribution >= 0.6 is 0 Å². The molecule has 0 saturated heterocycles. The van der Waals surface area contributed by atoms with Crippen molar-refractivity contribution < 1.29 is 19.4 Å². The minimum absolute atomic E-state index is 0.0726. The van der Waals surface area contributed by atoms with E-state index in [0.29, 0.717) is 24.4 Å². The van der Waals surface area contributed by atoms with E-state index in [-0.39, 0.29) is 36.6 Å². The summed E-state index contributed by atoms with van der Waals surface area (Å²) in [6.45, 7) is 4.44. The average molecular weight is 455 g/mol. The molecule has 2 N–H and O–H groups in total. The number of ether oxygens (including phenoxy) is 1. The van der Waals surface area contributed by atoms with Gasteiger partial charge in [0.05, 0.1) is 24.8 Å². The van der Waals surface area contributed by atoms with Gasteiger partial charge in [0.2, 0.25) is 0 Å². The summed E-state index contributed by atoms with van der Waals surface area (Å²) in [4.78, 5) is 31.3. The summed E-state index contributed by atoms with van der Waals surface area (Å²) >= 11 is 0. The fraction of sp³-hybridized carbons (Fsp3) is 0.440. The monoisotopic (exact) mass is 454 g/mol. The van der Waals surface area contributed by atoms with Crippen molar-refractivity contribution in [2.75, 3.05) is 51.1 Å². The predicted octanol–water partition coefficient (Wildman–Crippen LogP) is 3.14. The molecule has 178 valence electrons. The molecule has 0 fully saturated rings. The van der Waals surface area contributed by atoms with Gasteiger partial charge in [0.15, 0.2) is 0 Å². The molecular formula is C25H34N4O4. The van der Waals surface area contributed by atoms with E-state index in [1.165, 1.54) is 0 Å². The number of amides is 3. The number of rotatable bonds is 6. The molecule has 8 heteroatoms. The number of hydrogen-bond acceptors (Lipinski definition) is 5. The maximum atomic E-state index is 13.4. The van der Waals surface area contributed by atoms with Gasteiger partial charge in [-0.2, -0.15) is 0 Å². The Hall–Kier alpha value is -3.26. The van der Waals surface area contributed by atoms with Gasteiger partial charge < -0.3 is 29.9 Å². The van der Waals surface area contributed by atoms with Crippen LogP contribution in [0.1, 0.15) is 24.2 Å². The van der Waals surface area contributed by atoms with Crippen molar-refractivity contribution in [3.05, 3.63) is 54.1 Å². The fourth-order valence-electron chi connectivity index (χ4n) is 3.80. The van der Waals surface area contributed by atoms with Crippen molar-refractivity contribution in [2.24, 2.45) is 5.92 Å². The molecule has 1 heterocycles. The molecule has 33 heavy (non-hydrogen) atoms. The summed E-state index contributed by atoms with van der Waals surface area (Å²) in [5, 5.41) is 12.7. The van der Waals surface area contributed by atoms with Gasteiger partial charge in [-0.05, 0) is 37.3 Å². The maximum absolute atomic E-state index is 13.4. The molecule has 3 rings (SSSR count). The summed E-state index contributed by atoms with van der Waals surface area (Å²) in [5.74, 6) is 0.237. The molecule has 2 aromatic rings. The van der Waals surface area contributed by atoms with Gasteiger partial charge in [0.25, 0.3) is 5.91 Å². The topological polar surface area (TPSA) is 85.4 Å². The number of nitrogens with one attached hydrogen (secondary N) is 1. The third-order valence-corrected chi connectivity index (χ3v) is 5.99. The smallest absolute Gasteiger partial charge is 0.321 e. The van der Waals surface area contributed by atoms with E-state index in [9.17, 15) is 14.7 Å². The van der Waals surface area contributed by atoms with Crippen LogP contribution in [0.4, 0.5) is 16.2 Å². The second-order valence-corrected chi connectivity index (χ2v) is 8.87. The predicted molar refractivity (Wildman–Crippen MR) is 130 cm³/mol. The number of benzene rings is 2. The summed E-state index contributed by atoms with van der Waals surface area (Å²) in [7, 11) is 5.55. The average Bonchev–Trinajstić information content (AvgIpc) is 2.80. The molecule has 0 spiro atoms. The van der Waals surface area contributed by atoms with Gasteiger partial charge in [-0.1, -0.05) is 25.1 Å². The molecule has 0 aliphatic carbocycles. The molecule has 0 bridgehead atoms. The van der Waals surface area contributed by atoms with Crippen LogP contribution in [0.2, 0.25) is 0 Å². The Morgan fingerprint density at radius 2 is 1.91 bits per heavy atom. The zero-order chi connectivity index (χ0) is 24.1. The van der Waals surface area contributed by atoms with E-state index < -0.39 is 0 Å². The number of carbonyl (C=O) groups excluding carboxylic acids is 2. The molecule has 0 unspecified atom stereocenters. The Kier molecular flexibility index (Phi) is 7.81. The number of nitrogens with zero attached hydrogens (tertiary/aromatic N) is 3. The molecular weight excluding hydrogens is 420 g/mol. The lowest BCUT2D eigenvalue weighted by Crippen LogP contribution is -2.50. The van der Waals surface area contributed by atoms with Gasteiger partial charge in [0.1, 0.15) is 11.9 Å². The first-order valence-electron chi connectivity index (χ1n) is 11.2. The lowest BCUT2D eigenvalue weighted by Gasteiger charge is -2.38. The Morgan fingerprint density at radius 1 is 1.21 bits per heavy atom. The number of aliphatic hydroxyl groups is 1. The Balaban J connectivity index is 1.87. The number of anilines is 2. The molecule has 3 amide bonds. The van der Waals surface area contributed by atoms with Crippen molar-refractivity contribution in [3.63, 3.8) is 0 Å². The highest BCUT2D eigenvalue weighted by atomic mass is 16.5. The van der Waals surface area contributed by atoms with Gasteiger partial charge in [-0.25, -0.2) is 4.79 Å². The Bertz CT molecular complexity index is 966. The van der Waals surface area contributed by atoms with E-state index in [1.54, 1.807) is 22.9 Å². The van der Waals surface area contributed by atoms with Crippen LogP contribution in [0.15, 0.2) is 48.5 Å². The van der Waals surface area contributed by atoms with Gasteiger partial charge in [0, 0.05) is 45.0 Å². The van der Waals surface area contributed by atoms with Crippen molar-refractivity contribution >= 4 is 23.3 Å². The maximum Gasteiger partial charge on any atom is 0.321 e. The molecule has 0 aromatic heterocycles. The zero-order valence-electron chi connectivity index (χ0n) is 20.0. The minimum atomic E-state index is -0.345. The standard InChI is InChI=1S/C25H34N4O4/c1-17-14-29(18(2)16-30)24(31)21-13-20(27(3)4)11-12-22(21)33-23(17)15-28(5)25(32)26-19-9-7-6-8-10-19/h6-13,17-18,23,30H,14-16H2,1-5H3,(H,26,32)/t17-,18-,23+/m0/s1. The second-order valence-electron chi connectivity index (χ2n) is 8.87. The number of hydrogen-bond donors (Lipinski definition) is 2. The zero-order valence-corrected chi connectivity index (χ0v) is 20.0. The number of likely N-dealkylation sites (N-methyl/N-ethyl adjacent to an activating group) is 1. The summed E-state index contributed by atoms with van der Waals surface area (Å²) in [6, 6.07) is 14.2. The van der Waals surface area contributed by atoms with Crippen LogP contribution in [0, 0.1) is 5.92 Å². The fourth-order valence-corrected chi connectivity index (χ4v) is 3.80. The minimum Gasteiger partial charge on any atom is -0.487 e. The lowest BCUT2D eigenvalue weighted by molar-refractivity contribution is 0.0371. The summed E-state index contributed by atoms with van der Waals surface area (Å²) in [5.41, 5.74) is 2.05. The third-order valence-electron chi connectivity index (χ3n) is 5.99. The van der Waals surface area contributed by atoms with Crippen molar-refractivity contribution in [1.29, 1.82) is 0 Å². The van der Waals surface area contributed by atoms with Crippen LogP contribution in [-0.2, 0) is 0 Å². The normalized spacial score (nSPS) is 19.0. The molecule has 2 aromatic carbocycles. The molecule has 1 aliphatic heterocycles. The first-order chi connectivity index (χ1) is 15.7. The van der Waals surface area contributed by atoms with E-state index >= 15 is 0 Å². The van der Waals surface area contributed by atoms with Crippen LogP contribution in [0.3, 0.4) is 0 Å². The van der Waals surface area contributed by atoms with Crippen molar-refractivity contribution in [1.82, 2.24) is 9.80 Å². The summed E-state index contributed by atoms with van der Waals surface area (Å²) < 4.78 is 6.34. The second kappa shape index (κ2) is 10.6. The van der Waals surface area contributed by atoms with Crippen molar-refractivity contribution in [2.45, 2.75) is 26.0 Å². The largest absolute Gasteiger partial charge is 0.487 e. The molecule has 0 radical (unpaired) electrons. The SMILES string of the molecule is C[C@H]1CN([C@@H](C)CO)C(=O)c2cc(N(C)C)ccc2O[C@@H]1CN(C)C(=O)Nc1ccccc1. The van der Waals surface area contributed by atoms with Gasteiger partial charge in [-0.15, -0.1) is 0 Å². The van der Waals surface area contributed by atoms with E-state index in [2.05, 4.69) is 5.32 Å². The van der Waals surface area contributed by atoms with E-state index in [4.69, 9.17) is 4.74 Å². The summed E-state index contributed by atoms with van der Waals surface area (Å²) in [6.07, 6.45) is -0.345. The van der Waals surface area contributed by atoms with E-state index in [0.717, 1.165) is 11.4 Å². The first-order valence-corrected chi connectivity index (χ1v) is 11.2. The van der Waals surface area contributed by atoms with Crippen molar-refractivity contribution in [3.8, 4) is 5.75 Å². The van der Waals surface area contributed by atoms with Crippen LogP contribution in [0.25, 0.3) is 0 Å². The Labute approximate surface area is 195 Å². The highest BCUT2D eigenvalue weighted by molar-refractivity contribution is 5.98. The number of para-hydroxylation sites is 1. The lowest BCUT2D eigenvalue weighted by atomic mass is 9.99. The molecule has 8 nitrogen and oxygen atoms in total. The van der Waals surface area contributed by atoms with E-state index in [1.807, 2.05) is 75.3 Å². The highest BCUT2D eigenvalue weighted by Crippen LogP contribution is 2.31. The number of carbonyl (C=O) groups is 2. The quantitative estimate of drug-likeness (QED) is 0.701. The van der Waals surface area contributed by atoms with Crippen LogP contribution in [0.5, 0.6) is 5.75 Å².